The van der Waals surface area contributed by atoms with Crippen molar-refractivity contribution in [3.05, 3.63) is 40.6 Å². The number of carbonyl (C=O) groups is 3. The summed E-state index contributed by atoms with van der Waals surface area (Å²) in [4.78, 5) is 36.7. The van der Waals surface area contributed by atoms with Crippen LogP contribution in [0.5, 0.6) is 0 Å². The standard InChI is InChI=1S/C16H15F2NO7/c1-23-14(20)8-6-26-7-19(13(8)16(22)25-3)10-5-4-9(17)11(12(10)18)15(21)24-2/h4-5H,6-7H2,1-3H3. The summed E-state index contributed by atoms with van der Waals surface area (Å²) in [6.07, 6.45) is 0. The van der Waals surface area contributed by atoms with Crippen LogP contribution >= 0.6 is 0 Å². The highest BCUT2D eigenvalue weighted by atomic mass is 19.1. The summed E-state index contributed by atoms with van der Waals surface area (Å²) < 4.78 is 47.4. The van der Waals surface area contributed by atoms with E-state index in [2.05, 4.69) is 14.2 Å². The van der Waals surface area contributed by atoms with Crippen LogP contribution in [0.2, 0.25) is 0 Å². The highest BCUT2D eigenvalue weighted by molar-refractivity contribution is 6.03. The first-order valence-electron chi connectivity index (χ1n) is 7.18. The molecule has 1 aromatic rings. The van der Waals surface area contributed by atoms with Gasteiger partial charge in [0.15, 0.2) is 5.82 Å². The molecule has 1 aromatic carbocycles. The number of esters is 3. The molecule has 0 aliphatic carbocycles. The van der Waals surface area contributed by atoms with E-state index < -0.39 is 35.1 Å². The van der Waals surface area contributed by atoms with Gasteiger partial charge in [-0.25, -0.2) is 23.2 Å². The van der Waals surface area contributed by atoms with E-state index in [1.807, 2.05) is 0 Å². The number of hydrogen-bond acceptors (Lipinski definition) is 8. The molecule has 8 nitrogen and oxygen atoms in total. The van der Waals surface area contributed by atoms with Gasteiger partial charge in [-0.3, -0.25) is 0 Å². The number of benzene rings is 1. The Morgan fingerprint density at radius 1 is 1.00 bits per heavy atom. The van der Waals surface area contributed by atoms with E-state index in [1.165, 1.54) is 0 Å². The Morgan fingerprint density at radius 2 is 1.62 bits per heavy atom. The lowest BCUT2D eigenvalue weighted by atomic mass is 10.1. The van der Waals surface area contributed by atoms with Crippen LogP contribution in [-0.2, 0) is 28.5 Å². The number of ether oxygens (including phenoxy) is 4. The maximum atomic E-state index is 14.8. The third kappa shape index (κ3) is 3.36. The Balaban J connectivity index is 2.68. The zero-order chi connectivity index (χ0) is 19.4. The highest BCUT2D eigenvalue weighted by Gasteiger charge is 2.35. The van der Waals surface area contributed by atoms with E-state index >= 15 is 0 Å². The van der Waals surface area contributed by atoms with Crippen LogP contribution in [0.4, 0.5) is 14.5 Å². The number of methoxy groups -OCH3 is 3. The largest absolute Gasteiger partial charge is 0.466 e. The molecular formula is C16H15F2NO7. The molecule has 10 heteroatoms. The molecule has 1 heterocycles. The minimum Gasteiger partial charge on any atom is -0.466 e. The van der Waals surface area contributed by atoms with Gasteiger partial charge in [0, 0.05) is 0 Å². The third-order valence-electron chi connectivity index (χ3n) is 3.58. The molecule has 0 atom stereocenters. The lowest BCUT2D eigenvalue weighted by Crippen LogP contribution is -2.39. The summed E-state index contributed by atoms with van der Waals surface area (Å²) >= 11 is 0. The van der Waals surface area contributed by atoms with Gasteiger partial charge in [-0.1, -0.05) is 0 Å². The predicted molar refractivity (Wildman–Crippen MR) is 82.1 cm³/mol. The van der Waals surface area contributed by atoms with Gasteiger partial charge in [-0.15, -0.1) is 0 Å². The Labute approximate surface area is 146 Å². The molecule has 26 heavy (non-hydrogen) atoms. The van der Waals surface area contributed by atoms with Crippen molar-refractivity contribution < 1.29 is 42.1 Å². The maximum absolute atomic E-state index is 14.8. The molecule has 0 radical (unpaired) electrons. The zero-order valence-electron chi connectivity index (χ0n) is 14.1. The molecule has 0 spiro atoms. The smallest absolute Gasteiger partial charge is 0.355 e. The van der Waals surface area contributed by atoms with Crippen molar-refractivity contribution in [3.8, 4) is 0 Å². The summed E-state index contributed by atoms with van der Waals surface area (Å²) in [5.74, 6) is -5.51. The van der Waals surface area contributed by atoms with Crippen LogP contribution in [0.15, 0.2) is 23.4 Å². The molecule has 140 valence electrons. The number of nitrogens with zero attached hydrogens (tertiary/aromatic N) is 1. The lowest BCUT2D eigenvalue weighted by molar-refractivity contribution is -0.140. The van der Waals surface area contributed by atoms with E-state index in [-0.39, 0.29) is 30.3 Å². The van der Waals surface area contributed by atoms with Crippen LogP contribution in [0.1, 0.15) is 10.4 Å². The molecule has 0 amide bonds. The monoisotopic (exact) mass is 371 g/mol. The quantitative estimate of drug-likeness (QED) is 0.575. The van der Waals surface area contributed by atoms with Gasteiger partial charge in [0.25, 0.3) is 0 Å². The second-order valence-electron chi connectivity index (χ2n) is 4.96. The molecule has 0 fully saturated rings. The average Bonchev–Trinajstić information content (AvgIpc) is 2.66. The first-order chi connectivity index (χ1) is 12.4. The van der Waals surface area contributed by atoms with Crippen molar-refractivity contribution in [1.82, 2.24) is 0 Å². The number of anilines is 1. The minimum atomic E-state index is -1.28. The SMILES string of the molecule is COC(=O)C1=C(C(=O)OC)N(c2ccc(F)c(C(=O)OC)c2F)COC1. The van der Waals surface area contributed by atoms with Crippen molar-refractivity contribution >= 4 is 23.6 Å². The van der Waals surface area contributed by atoms with E-state index in [1.54, 1.807) is 0 Å². The summed E-state index contributed by atoms with van der Waals surface area (Å²) in [6, 6.07) is 1.82. The molecule has 0 unspecified atom stereocenters. The first-order valence-corrected chi connectivity index (χ1v) is 7.18. The predicted octanol–water partition coefficient (Wildman–Crippen LogP) is 1.15. The van der Waals surface area contributed by atoms with Gasteiger partial charge < -0.3 is 23.8 Å². The molecule has 1 aliphatic heterocycles. The fourth-order valence-electron chi connectivity index (χ4n) is 2.37. The molecule has 0 N–H and O–H groups in total. The van der Waals surface area contributed by atoms with Crippen molar-refractivity contribution in [3.63, 3.8) is 0 Å². The van der Waals surface area contributed by atoms with E-state index in [0.29, 0.717) is 0 Å². The summed E-state index contributed by atoms with van der Waals surface area (Å²) in [7, 11) is 3.13. The molecule has 0 saturated heterocycles. The summed E-state index contributed by atoms with van der Waals surface area (Å²) in [6.45, 7) is -0.631. The molecular weight excluding hydrogens is 356 g/mol. The van der Waals surface area contributed by atoms with Crippen LogP contribution in [0, 0.1) is 11.6 Å². The van der Waals surface area contributed by atoms with Gasteiger partial charge in [0.05, 0.1) is 39.2 Å². The second-order valence-corrected chi connectivity index (χ2v) is 4.96. The topological polar surface area (TPSA) is 91.4 Å². The summed E-state index contributed by atoms with van der Waals surface area (Å²) in [5.41, 5.74) is -1.88. The number of halogens is 2. The van der Waals surface area contributed by atoms with E-state index in [9.17, 15) is 23.2 Å². The van der Waals surface area contributed by atoms with Gasteiger partial charge in [-0.05, 0) is 12.1 Å². The third-order valence-corrected chi connectivity index (χ3v) is 3.58. The van der Waals surface area contributed by atoms with E-state index in [0.717, 1.165) is 38.4 Å². The lowest BCUT2D eigenvalue weighted by Gasteiger charge is -2.31. The number of carbonyl (C=O) groups excluding carboxylic acids is 3. The normalized spacial score (nSPS) is 14.1. The van der Waals surface area contributed by atoms with E-state index in [4.69, 9.17) is 4.74 Å². The van der Waals surface area contributed by atoms with Crippen molar-refractivity contribution in [2.75, 3.05) is 39.6 Å². The number of rotatable bonds is 4. The molecule has 1 aliphatic rings. The minimum absolute atomic E-state index is 0.214. The second kappa shape index (κ2) is 7.91. The van der Waals surface area contributed by atoms with Crippen molar-refractivity contribution in [2.24, 2.45) is 0 Å². The Bertz CT molecular complexity index is 791. The molecule has 0 saturated carbocycles. The average molecular weight is 371 g/mol. The van der Waals surface area contributed by atoms with Crippen molar-refractivity contribution in [2.45, 2.75) is 0 Å². The van der Waals surface area contributed by atoms with Crippen LogP contribution in [0.25, 0.3) is 0 Å². The van der Waals surface area contributed by atoms with Gasteiger partial charge in [0.1, 0.15) is 23.8 Å². The molecule has 0 bridgehead atoms. The molecule has 0 aromatic heterocycles. The fraction of sp³-hybridized carbons (Fsp3) is 0.312. The van der Waals surface area contributed by atoms with Crippen LogP contribution in [-0.4, -0.2) is 52.6 Å². The van der Waals surface area contributed by atoms with Crippen molar-refractivity contribution in [1.29, 1.82) is 0 Å². The Hall–Kier alpha value is -3.01. The zero-order valence-corrected chi connectivity index (χ0v) is 14.1. The van der Waals surface area contributed by atoms with Crippen LogP contribution in [0.3, 0.4) is 0 Å². The van der Waals surface area contributed by atoms with Gasteiger partial charge in [0.2, 0.25) is 0 Å². The molecule has 2 rings (SSSR count). The van der Waals surface area contributed by atoms with Gasteiger partial charge >= 0.3 is 17.9 Å². The van der Waals surface area contributed by atoms with Crippen LogP contribution < -0.4 is 4.90 Å². The fourth-order valence-corrected chi connectivity index (χ4v) is 2.37. The number of hydrogen-bond donors (Lipinski definition) is 0. The first kappa shape index (κ1) is 19.3. The van der Waals surface area contributed by atoms with Gasteiger partial charge in [-0.2, -0.15) is 0 Å². The highest BCUT2D eigenvalue weighted by Crippen LogP contribution is 2.31. The Morgan fingerprint density at radius 3 is 2.19 bits per heavy atom. The maximum Gasteiger partial charge on any atom is 0.355 e. The Kier molecular flexibility index (Phi) is 5.88. The summed E-state index contributed by atoms with van der Waals surface area (Å²) in [5, 5.41) is 0.